The zero-order valence-corrected chi connectivity index (χ0v) is 10.8. The second-order valence-electron chi connectivity index (χ2n) is 4.00. The largest absolute Gasteiger partial charge is 0.0669 e. The highest BCUT2D eigenvalue weighted by Crippen LogP contribution is 2.04. The molecule has 0 aliphatic carbocycles. The predicted octanol–water partition coefficient (Wildman–Crippen LogP) is 2.87. The Hall–Kier alpha value is -0.563. The molecule has 0 saturated heterocycles. The second kappa shape index (κ2) is 7.81. The van der Waals surface area contributed by atoms with Crippen LogP contribution in [0.4, 0.5) is 0 Å². The topological polar surface area (TPSA) is 0 Å². The fourth-order valence-electron chi connectivity index (χ4n) is 1.75. The Balaban J connectivity index is 1.99. The van der Waals surface area contributed by atoms with Gasteiger partial charge in [0.05, 0.1) is 9.52 Å². The van der Waals surface area contributed by atoms with Crippen LogP contribution in [-0.2, 0) is 0 Å². The van der Waals surface area contributed by atoms with Gasteiger partial charge < -0.3 is 0 Å². The van der Waals surface area contributed by atoms with Crippen LogP contribution in [0.1, 0.15) is 39.0 Å². The molecule has 0 unspecified atom stereocenters. The third kappa shape index (κ3) is 5.23. The Kier molecular flexibility index (Phi) is 6.42. The van der Waals surface area contributed by atoms with Crippen LogP contribution in [0, 0.1) is 0 Å². The molecule has 0 saturated carbocycles. The van der Waals surface area contributed by atoms with E-state index >= 15 is 0 Å². The zero-order chi connectivity index (χ0) is 10.1. The second-order valence-corrected chi connectivity index (χ2v) is 6.03. The fourth-order valence-corrected chi connectivity index (χ4v) is 3.37. The van der Waals surface area contributed by atoms with Crippen molar-refractivity contribution in [2.75, 3.05) is 0 Å². The third-order valence-electron chi connectivity index (χ3n) is 2.66. The zero-order valence-electron chi connectivity index (χ0n) is 9.34. The monoisotopic (exact) mass is 206 g/mol. The van der Waals surface area contributed by atoms with Crippen molar-refractivity contribution in [1.82, 2.24) is 0 Å². The van der Waals surface area contributed by atoms with Crippen molar-refractivity contribution in [3.05, 3.63) is 30.3 Å². The highest BCUT2D eigenvalue weighted by atomic mass is 28.2. The van der Waals surface area contributed by atoms with Gasteiger partial charge in [-0.3, -0.25) is 0 Å². The Morgan fingerprint density at radius 1 is 0.929 bits per heavy atom. The Morgan fingerprint density at radius 2 is 1.64 bits per heavy atom. The van der Waals surface area contributed by atoms with Crippen LogP contribution >= 0.6 is 0 Å². The van der Waals surface area contributed by atoms with E-state index in [1.165, 1.54) is 38.1 Å². The molecule has 1 aromatic carbocycles. The van der Waals surface area contributed by atoms with E-state index in [9.17, 15) is 0 Å². The minimum absolute atomic E-state index is 0.0543. The van der Waals surface area contributed by atoms with Crippen LogP contribution < -0.4 is 5.19 Å². The molecule has 0 fully saturated rings. The van der Waals surface area contributed by atoms with Crippen LogP contribution in [-0.4, -0.2) is 9.52 Å². The van der Waals surface area contributed by atoms with Crippen LogP contribution in [0.15, 0.2) is 30.3 Å². The number of rotatable bonds is 7. The smallest absolute Gasteiger partial charge is 0.0547 e. The molecular formula is C13H22Si. The SMILES string of the molecule is CCCCCCC[SiH2]c1ccccc1. The summed E-state index contributed by atoms with van der Waals surface area (Å²) >= 11 is 0. The van der Waals surface area contributed by atoms with E-state index in [1.54, 1.807) is 5.19 Å². The number of hydrogen-bond donors (Lipinski definition) is 0. The van der Waals surface area contributed by atoms with Gasteiger partial charge in [-0.15, -0.1) is 0 Å². The van der Waals surface area contributed by atoms with E-state index in [2.05, 4.69) is 37.3 Å². The van der Waals surface area contributed by atoms with Gasteiger partial charge in [0.25, 0.3) is 0 Å². The summed E-state index contributed by atoms with van der Waals surface area (Å²) in [5.74, 6) is 0. The van der Waals surface area contributed by atoms with E-state index in [1.807, 2.05) is 0 Å². The average Bonchev–Trinajstić information content (AvgIpc) is 2.25. The van der Waals surface area contributed by atoms with E-state index in [4.69, 9.17) is 0 Å². The van der Waals surface area contributed by atoms with Gasteiger partial charge in [0.1, 0.15) is 0 Å². The lowest BCUT2D eigenvalue weighted by Gasteiger charge is -2.00. The Labute approximate surface area is 90.6 Å². The van der Waals surface area contributed by atoms with E-state index < -0.39 is 0 Å². The Bertz CT molecular complexity index is 218. The fraction of sp³-hybridized carbons (Fsp3) is 0.538. The van der Waals surface area contributed by atoms with Gasteiger partial charge in [-0.25, -0.2) is 0 Å². The molecule has 0 bridgehead atoms. The molecule has 14 heavy (non-hydrogen) atoms. The summed E-state index contributed by atoms with van der Waals surface area (Å²) in [5.41, 5.74) is 0. The van der Waals surface area contributed by atoms with E-state index in [-0.39, 0.29) is 9.52 Å². The maximum Gasteiger partial charge on any atom is 0.0547 e. The van der Waals surface area contributed by atoms with Gasteiger partial charge in [0.15, 0.2) is 0 Å². The highest BCUT2D eigenvalue weighted by Gasteiger charge is 1.93. The van der Waals surface area contributed by atoms with Gasteiger partial charge in [-0.1, -0.05) is 80.6 Å². The summed E-state index contributed by atoms with van der Waals surface area (Å²) in [6.07, 6.45) is 7.14. The molecule has 0 spiro atoms. The molecule has 78 valence electrons. The number of hydrogen-bond acceptors (Lipinski definition) is 0. The van der Waals surface area contributed by atoms with E-state index in [0.29, 0.717) is 0 Å². The van der Waals surface area contributed by atoms with Crippen molar-refractivity contribution in [1.29, 1.82) is 0 Å². The summed E-state index contributed by atoms with van der Waals surface area (Å²) in [6.45, 7) is 2.28. The van der Waals surface area contributed by atoms with E-state index in [0.717, 1.165) is 0 Å². The lowest BCUT2D eigenvalue weighted by Crippen LogP contribution is -2.12. The standard InChI is InChI=1S/C13H22Si/c1-2-3-4-5-9-12-14-13-10-7-6-8-11-13/h6-8,10-11H,2-5,9,12,14H2,1H3. The molecule has 0 amide bonds. The molecule has 0 heterocycles. The first-order chi connectivity index (χ1) is 6.93. The molecule has 0 aromatic heterocycles. The Morgan fingerprint density at radius 3 is 2.36 bits per heavy atom. The highest BCUT2D eigenvalue weighted by molar-refractivity contribution is 6.53. The molecule has 0 radical (unpaired) electrons. The predicted molar refractivity (Wildman–Crippen MR) is 68.2 cm³/mol. The van der Waals surface area contributed by atoms with Crippen LogP contribution in [0.2, 0.25) is 6.04 Å². The summed E-state index contributed by atoms with van der Waals surface area (Å²) < 4.78 is 0. The van der Waals surface area contributed by atoms with Crippen LogP contribution in [0.25, 0.3) is 0 Å². The maximum atomic E-state index is 2.29. The first-order valence-electron chi connectivity index (χ1n) is 5.97. The van der Waals surface area contributed by atoms with Gasteiger partial charge in [0, 0.05) is 0 Å². The molecule has 0 nitrogen and oxygen atoms in total. The normalized spacial score (nSPS) is 11.2. The van der Waals surface area contributed by atoms with Crippen molar-refractivity contribution in [3.8, 4) is 0 Å². The summed E-state index contributed by atoms with van der Waals surface area (Å²) in [6, 6.07) is 12.5. The van der Waals surface area contributed by atoms with Gasteiger partial charge in [0.2, 0.25) is 0 Å². The van der Waals surface area contributed by atoms with Crippen molar-refractivity contribution < 1.29 is 0 Å². The summed E-state index contributed by atoms with van der Waals surface area (Å²) in [4.78, 5) is 0. The average molecular weight is 206 g/mol. The molecule has 1 heteroatoms. The first-order valence-corrected chi connectivity index (χ1v) is 7.68. The van der Waals surface area contributed by atoms with Crippen LogP contribution in [0.3, 0.4) is 0 Å². The quantitative estimate of drug-likeness (QED) is 0.475. The minimum Gasteiger partial charge on any atom is -0.0669 e. The molecule has 1 rings (SSSR count). The minimum atomic E-state index is 0.0543. The van der Waals surface area contributed by atoms with Crippen molar-refractivity contribution in [3.63, 3.8) is 0 Å². The van der Waals surface area contributed by atoms with Crippen molar-refractivity contribution in [2.24, 2.45) is 0 Å². The molecule has 1 aromatic rings. The molecule has 0 aliphatic rings. The molecule has 0 atom stereocenters. The maximum absolute atomic E-state index is 2.29. The lowest BCUT2D eigenvalue weighted by molar-refractivity contribution is 0.655. The molecule has 0 N–H and O–H groups in total. The molecule has 0 aliphatic heterocycles. The van der Waals surface area contributed by atoms with Gasteiger partial charge in [-0.2, -0.15) is 0 Å². The summed E-state index contributed by atoms with van der Waals surface area (Å²) in [7, 11) is 0.0543. The lowest BCUT2D eigenvalue weighted by atomic mass is 10.2. The van der Waals surface area contributed by atoms with Crippen molar-refractivity contribution >= 4 is 14.7 Å². The van der Waals surface area contributed by atoms with Gasteiger partial charge >= 0.3 is 0 Å². The third-order valence-corrected chi connectivity index (χ3v) is 4.56. The summed E-state index contributed by atoms with van der Waals surface area (Å²) in [5, 5.41) is 1.63. The number of unbranched alkanes of at least 4 members (excludes halogenated alkanes) is 4. The van der Waals surface area contributed by atoms with Crippen molar-refractivity contribution in [2.45, 2.75) is 45.1 Å². The number of benzene rings is 1. The van der Waals surface area contributed by atoms with Gasteiger partial charge in [-0.05, 0) is 0 Å². The van der Waals surface area contributed by atoms with Crippen LogP contribution in [0.5, 0.6) is 0 Å². The molecular weight excluding hydrogens is 184 g/mol. The first kappa shape index (κ1) is 11.5.